The summed E-state index contributed by atoms with van der Waals surface area (Å²) in [6.45, 7) is -1.08. The van der Waals surface area contributed by atoms with Crippen molar-refractivity contribution in [1.29, 1.82) is 0 Å². The second kappa shape index (κ2) is 7.57. The highest BCUT2D eigenvalue weighted by Crippen LogP contribution is 2.49. The van der Waals surface area contributed by atoms with Crippen molar-refractivity contribution in [2.24, 2.45) is 0 Å². The highest BCUT2D eigenvalue weighted by atomic mass is 31.2. The number of hydrogen-bond donors (Lipinski definition) is 0. The Hall–Kier alpha value is -1.70. The first-order chi connectivity index (χ1) is 7.60. The molecule has 0 saturated heterocycles. The van der Waals surface area contributed by atoms with Gasteiger partial charge in [0.2, 0.25) is 0 Å². The molecule has 0 aliphatic carbocycles. The van der Waals surface area contributed by atoms with Crippen LogP contribution < -0.4 is 0 Å². The molecule has 0 heterocycles. The van der Waals surface area contributed by atoms with E-state index in [2.05, 4.69) is 13.8 Å². The molecule has 0 aliphatic heterocycles. The minimum atomic E-state index is -4.11. The van der Waals surface area contributed by atoms with Gasteiger partial charge in [0, 0.05) is 0 Å². The Morgan fingerprint density at radius 3 is 1.81 bits per heavy atom. The van der Waals surface area contributed by atoms with Crippen LogP contribution in [0.2, 0.25) is 0 Å². The molecule has 6 heteroatoms. The number of carbonyl (C=O) groups is 1. The van der Waals surface area contributed by atoms with E-state index >= 15 is 0 Å². The lowest BCUT2D eigenvalue weighted by molar-refractivity contribution is 0.164. The predicted octanol–water partition coefficient (Wildman–Crippen LogP) is 1.25. The van der Waals surface area contributed by atoms with Gasteiger partial charge in [-0.15, -0.1) is 19.3 Å². The van der Waals surface area contributed by atoms with Crippen LogP contribution >= 0.6 is 7.60 Å². The summed E-state index contributed by atoms with van der Waals surface area (Å²) in [6, 6.07) is 0. The quantitative estimate of drug-likeness (QED) is 0.516. The first-order valence-corrected chi connectivity index (χ1v) is 5.51. The maximum Gasteiger partial charge on any atom is 0.440 e. The van der Waals surface area contributed by atoms with Crippen LogP contribution in [-0.2, 0) is 18.3 Å². The summed E-state index contributed by atoms with van der Waals surface area (Å²) in [5.41, 5.74) is -1.21. The number of terminal acetylenes is 3. The Balaban J connectivity index is 4.60. The molecule has 0 bridgehead atoms. The van der Waals surface area contributed by atoms with E-state index in [1.54, 1.807) is 0 Å². The average Bonchev–Trinajstić information content (AvgIpc) is 2.30. The minimum absolute atomic E-state index is 0.346. The fraction of sp³-hybridized carbons (Fsp3) is 0.300. The van der Waals surface area contributed by atoms with Crippen LogP contribution in [0.4, 0.5) is 4.79 Å². The SMILES string of the molecule is C#CCOC(=O)P(=O)(OCC#C)OCC#C. The van der Waals surface area contributed by atoms with E-state index in [4.69, 9.17) is 19.3 Å². The van der Waals surface area contributed by atoms with Crippen molar-refractivity contribution in [2.75, 3.05) is 19.8 Å². The van der Waals surface area contributed by atoms with Crippen molar-refractivity contribution < 1.29 is 23.1 Å². The normalized spacial score (nSPS) is 9.56. The number of rotatable bonds is 6. The Bertz CT molecular complexity index is 384. The number of ether oxygens (including phenoxy) is 1. The molecule has 5 nitrogen and oxygen atoms in total. The molecule has 0 unspecified atom stereocenters. The minimum Gasteiger partial charge on any atom is -0.443 e. The maximum absolute atomic E-state index is 11.8. The zero-order valence-electron chi connectivity index (χ0n) is 8.34. The molecule has 0 aromatic heterocycles. The second-order valence-electron chi connectivity index (χ2n) is 2.21. The van der Waals surface area contributed by atoms with Gasteiger partial charge in [0.05, 0.1) is 0 Å². The van der Waals surface area contributed by atoms with E-state index in [-0.39, 0.29) is 19.8 Å². The molecule has 0 radical (unpaired) electrons. The third-order valence-corrected chi connectivity index (χ3v) is 2.65. The van der Waals surface area contributed by atoms with Crippen molar-refractivity contribution in [2.45, 2.75) is 0 Å². The van der Waals surface area contributed by atoms with Crippen molar-refractivity contribution in [3.05, 3.63) is 0 Å². The molecule has 0 fully saturated rings. The van der Waals surface area contributed by atoms with E-state index in [9.17, 15) is 9.36 Å². The monoisotopic (exact) mass is 240 g/mol. The van der Waals surface area contributed by atoms with E-state index in [1.165, 1.54) is 0 Å². The fourth-order valence-electron chi connectivity index (χ4n) is 0.570. The second-order valence-corrected chi connectivity index (χ2v) is 4.09. The van der Waals surface area contributed by atoms with Gasteiger partial charge in [-0.05, 0) is 0 Å². The molecule has 0 atom stereocenters. The lowest BCUT2D eigenvalue weighted by atomic mass is 10.8. The Morgan fingerprint density at radius 1 is 1.00 bits per heavy atom. The molecule has 0 spiro atoms. The molecule has 0 rings (SSSR count). The Labute approximate surface area is 94.0 Å². The van der Waals surface area contributed by atoms with Crippen molar-refractivity contribution in [1.82, 2.24) is 0 Å². The molecule has 0 aromatic rings. The Kier molecular flexibility index (Phi) is 6.77. The number of hydrogen-bond acceptors (Lipinski definition) is 5. The van der Waals surface area contributed by atoms with Crippen LogP contribution in [0.5, 0.6) is 0 Å². The van der Waals surface area contributed by atoms with Crippen molar-refractivity contribution >= 4 is 13.3 Å². The van der Waals surface area contributed by atoms with E-state index < -0.39 is 13.3 Å². The van der Waals surface area contributed by atoms with Crippen LogP contribution in [0.3, 0.4) is 0 Å². The topological polar surface area (TPSA) is 61.8 Å². The van der Waals surface area contributed by atoms with E-state index in [0.29, 0.717) is 0 Å². The first-order valence-electron chi connectivity index (χ1n) is 3.97. The average molecular weight is 240 g/mol. The summed E-state index contributed by atoms with van der Waals surface area (Å²) in [4.78, 5) is 11.3. The first kappa shape index (κ1) is 14.3. The summed E-state index contributed by atoms with van der Waals surface area (Å²) in [7, 11) is -4.11. The molecule has 0 amide bonds. The van der Waals surface area contributed by atoms with Gasteiger partial charge in [0.1, 0.15) is 13.2 Å². The van der Waals surface area contributed by atoms with Gasteiger partial charge in [0.25, 0.3) is 0 Å². The van der Waals surface area contributed by atoms with Gasteiger partial charge in [-0.3, -0.25) is 9.05 Å². The third kappa shape index (κ3) is 4.69. The standard InChI is InChI=1S/C10H9O5P/c1-4-7-13-10(11)16(12,14-8-5-2)15-9-6-3/h1-3H,7-9H2. The van der Waals surface area contributed by atoms with Gasteiger partial charge in [-0.2, -0.15) is 0 Å². The van der Waals surface area contributed by atoms with E-state index in [0.717, 1.165) is 0 Å². The third-order valence-electron chi connectivity index (χ3n) is 1.14. The van der Waals surface area contributed by atoms with Gasteiger partial charge < -0.3 is 4.74 Å². The highest BCUT2D eigenvalue weighted by Gasteiger charge is 2.36. The van der Waals surface area contributed by atoms with Crippen molar-refractivity contribution in [3.63, 3.8) is 0 Å². The summed E-state index contributed by atoms with van der Waals surface area (Å²) in [5, 5.41) is 0. The lowest BCUT2D eigenvalue weighted by Crippen LogP contribution is -2.10. The number of carbonyl (C=O) groups excluding carboxylic acids is 1. The fourth-order valence-corrected chi connectivity index (χ4v) is 1.57. The van der Waals surface area contributed by atoms with Crippen LogP contribution in [0.25, 0.3) is 0 Å². The smallest absolute Gasteiger partial charge is 0.440 e. The maximum atomic E-state index is 11.8. The van der Waals surface area contributed by atoms with Gasteiger partial charge in [-0.1, -0.05) is 17.8 Å². The Morgan fingerprint density at radius 2 is 1.44 bits per heavy atom. The van der Waals surface area contributed by atoms with Crippen LogP contribution in [-0.4, -0.2) is 25.5 Å². The van der Waals surface area contributed by atoms with E-state index in [1.807, 2.05) is 17.8 Å². The molecule has 84 valence electrons. The highest BCUT2D eigenvalue weighted by molar-refractivity contribution is 7.71. The lowest BCUT2D eigenvalue weighted by Gasteiger charge is -2.13. The van der Waals surface area contributed by atoms with Crippen LogP contribution in [0.15, 0.2) is 0 Å². The van der Waals surface area contributed by atoms with Crippen LogP contribution in [0, 0.1) is 37.0 Å². The molecule has 0 saturated carbocycles. The predicted molar refractivity (Wildman–Crippen MR) is 57.4 cm³/mol. The summed E-state index contributed by atoms with van der Waals surface area (Å²) in [6.07, 6.45) is 14.6. The molecule has 0 aromatic carbocycles. The summed E-state index contributed by atoms with van der Waals surface area (Å²) in [5.74, 6) is 6.10. The zero-order valence-corrected chi connectivity index (χ0v) is 9.24. The van der Waals surface area contributed by atoms with Gasteiger partial charge in [-0.25, -0.2) is 9.36 Å². The largest absolute Gasteiger partial charge is 0.443 e. The van der Waals surface area contributed by atoms with Crippen molar-refractivity contribution in [3.8, 4) is 37.0 Å². The summed E-state index contributed by atoms with van der Waals surface area (Å²) < 4.78 is 25.4. The molecule has 16 heavy (non-hydrogen) atoms. The molecular weight excluding hydrogens is 231 g/mol. The van der Waals surface area contributed by atoms with Gasteiger partial charge >= 0.3 is 13.3 Å². The molecular formula is C10H9O5P. The zero-order chi connectivity index (χ0) is 12.4. The molecule has 0 N–H and O–H groups in total. The molecule has 0 aliphatic rings. The van der Waals surface area contributed by atoms with Gasteiger partial charge in [0.15, 0.2) is 6.61 Å². The summed E-state index contributed by atoms with van der Waals surface area (Å²) >= 11 is 0. The van der Waals surface area contributed by atoms with Crippen LogP contribution in [0.1, 0.15) is 0 Å².